The number of aliphatic imine (C=N–C) groups is 1. The van der Waals surface area contributed by atoms with Crippen LogP contribution in [0.4, 0.5) is 25.8 Å². The van der Waals surface area contributed by atoms with Gasteiger partial charge in [0.15, 0.2) is 0 Å². The van der Waals surface area contributed by atoms with E-state index < -0.39 is 39.6 Å². The third-order valence-electron chi connectivity index (χ3n) is 6.38. The molecule has 0 saturated heterocycles. The molecule has 5 rings (SSSR count). The minimum Gasteiger partial charge on any atom is -0.461 e. The molecular weight excluding hydrogens is 528 g/mol. The number of sulfonamides is 1. The number of halogens is 2. The molecule has 0 bridgehead atoms. The van der Waals surface area contributed by atoms with E-state index in [-0.39, 0.29) is 41.4 Å². The molecule has 39 heavy (non-hydrogen) atoms. The number of esters is 1. The Morgan fingerprint density at radius 3 is 2.23 bits per heavy atom. The van der Waals surface area contributed by atoms with Crippen molar-refractivity contribution in [2.75, 3.05) is 22.1 Å². The number of hydrogen-bond acceptors (Lipinski definition) is 6. The van der Waals surface area contributed by atoms with Gasteiger partial charge < -0.3 is 4.74 Å². The molecule has 1 unspecified atom stereocenters. The number of carbonyl (C=O) groups excluding carboxylic acids is 2. The van der Waals surface area contributed by atoms with Crippen LogP contribution in [0.25, 0.3) is 0 Å². The molecule has 3 aromatic rings. The van der Waals surface area contributed by atoms with Crippen LogP contribution < -0.4 is 9.21 Å². The summed E-state index contributed by atoms with van der Waals surface area (Å²) in [5, 5.41) is 0. The summed E-state index contributed by atoms with van der Waals surface area (Å²) >= 11 is 0. The van der Waals surface area contributed by atoms with E-state index >= 15 is 0 Å². The van der Waals surface area contributed by atoms with Crippen molar-refractivity contribution in [2.45, 2.75) is 19.4 Å². The zero-order valence-corrected chi connectivity index (χ0v) is 21.8. The fourth-order valence-corrected chi connectivity index (χ4v) is 6.03. The molecule has 2 aliphatic heterocycles. The Kier molecular flexibility index (Phi) is 6.77. The van der Waals surface area contributed by atoms with Crippen LogP contribution in [0.15, 0.2) is 89.1 Å². The zero-order chi connectivity index (χ0) is 27.9. The molecule has 1 atom stereocenters. The second-order valence-corrected chi connectivity index (χ2v) is 10.8. The lowest BCUT2D eigenvalue weighted by Crippen LogP contribution is -2.40. The fraction of sp³-hybridized carbons (Fsp3) is 0.179. The van der Waals surface area contributed by atoms with E-state index in [1.165, 1.54) is 40.7 Å². The number of amides is 1. The van der Waals surface area contributed by atoms with Gasteiger partial charge in [-0.3, -0.25) is 14.0 Å². The maximum absolute atomic E-state index is 14.0. The van der Waals surface area contributed by atoms with Crippen molar-refractivity contribution in [3.63, 3.8) is 0 Å². The molecular formula is C28H23F2N3O5S. The largest absolute Gasteiger partial charge is 0.461 e. The van der Waals surface area contributed by atoms with Crippen molar-refractivity contribution < 1.29 is 31.5 Å². The van der Waals surface area contributed by atoms with Crippen LogP contribution in [0, 0.1) is 11.6 Å². The lowest BCUT2D eigenvalue weighted by molar-refractivity contribution is -0.139. The molecule has 0 aromatic heterocycles. The molecule has 0 radical (unpaired) electrons. The summed E-state index contributed by atoms with van der Waals surface area (Å²) in [5.41, 5.74) is 1.08. The number of rotatable bonds is 6. The second-order valence-electron chi connectivity index (χ2n) is 8.94. The van der Waals surface area contributed by atoms with E-state index in [0.717, 1.165) is 23.3 Å². The number of hydrogen-bond donors (Lipinski definition) is 0. The number of anilines is 2. The summed E-state index contributed by atoms with van der Waals surface area (Å²) < 4.78 is 60.1. The molecule has 0 spiro atoms. The minimum absolute atomic E-state index is 0.0216. The monoisotopic (exact) mass is 551 g/mol. The van der Waals surface area contributed by atoms with Gasteiger partial charge in [-0.05, 0) is 67.1 Å². The maximum atomic E-state index is 14.0. The van der Waals surface area contributed by atoms with Gasteiger partial charge in [0.2, 0.25) is 10.0 Å². The molecule has 11 heteroatoms. The van der Waals surface area contributed by atoms with E-state index in [4.69, 9.17) is 4.74 Å². The molecule has 2 heterocycles. The van der Waals surface area contributed by atoms with Gasteiger partial charge in [0, 0.05) is 17.7 Å². The highest BCUT2D eigenvalue weighted by Crippen LogP contribution is 2.42. The van der Waals surface area contributed by atoms with Gasteiger partial charge in [0.05, 0.1) is 30.3 Å². The number of para-hydroxylation sites is 1. The van der Waals surface area contributed by atoms with Crippen molar-refractivity contribution in [1.29, 1.82) is 0 Å². The summed E-state index contributed by atoms with van der Waals surface area (Å²) in [7, 11) is -3.91. The van der Waals surface area contributed by atoms with Gasteiger partial charge >= 0.3 is 5.97 Å². The maximum Gasteiger partial charge on any atom is 0.355 e. The fourth-order valence-electron chi connectivity index (χ4n) is 4.85. The first-order chi connectivity index (χ1) is 18.6. The van der Waals surface area contributed by atoms with Crippen LogP contribution in [0.2, 0.25) is 0 Å². The highest BCUT2D eigenvalue weighted by Gasteiger charge is 2.49. The number of fused-ring (bicyclic) bond motifs is 1. The SMILES string of the molecule is CCOC(=O)C1=C(C2Cc3ccccc3N2S(C)(=O)=O)C(=Nc2ccc(F)cc2)C(=O)N1c1ccc(F)cc1. The average Bonchev–Trinajstić information content (AvgIpc) is 3.42. The Bertz CT molecular complexity index is 1630. The normalized spacial score (nSPS) is 18.2. The quantitative estimate of drug-likeness (QED) is 0.426. The predicted molar refractivity (Wildman–Crippen MR) is 142 cm³/mol. The molecule has 0 saturated carbocycles. The third-order valence-corrected chi connectivity index (χ3v) is 7.54. The summed E-state index contributed by atoms with van der Waals surface area (Å²) in [4.78, 5) is 33.0. The zero-order valence-electron chi connectivity index (χ0n) is 21.0. The first-order valence-electron chi connectivity index (χ1n) is 12.0. The van der Waals surface area contributed by atoms with Crippen LogP contribution in [-0.4, -0.2) is 44.9 Å². The molecule has 8 nitrogen and oxygen atoms in total. The predicted octanol–water partition coefficient (Wildman–Crippen LogP) is 4.29. The smallest absolute Gasteiger partial charge is 0.355 e. The minimum atomic E-state index is -3.91. The van der Waals surface area contributed by atoms with Crippen LogP contribution in [0.1, 0.15) is 12.5 Å². The number of nitrogens with zero attached hydrogens (tertiary/aromatic N) is 3. The number of carbonyl (C=O) groups is 2. The van der Waals surface area contributed by atoms with Gasteiger partial charge in [-0.15, -0.1) is 0 Å². The van der Waals surface area contributed by atoms with E-state index in [1.54, 1.807) is 31.2 Å². The lowest BCUT2D eigenvalue weighted by Gasteiger charge is -2.27. The molecule has 3 aromatic carbocycles. The van der Waals surface area contributed by atoms with Crippen molar-refractivity contribution in [1.82, 2.24) is 0 Å². The lowest BCUT2D eigenvalue weighted by atomic mass is 9.98. The van der Waals surface area contributed by atoms with Gasteiger partial charge in [0.25, 0.3) is 5.91 Å². The molecule has 0 aliphatic carbocycles. The van der Waals surface area contributed by atoms with E-state index in [9.17, 15) is 26.8 Å². The highest BCUT2D eigenvalue weighted by molar-refractivity contribution is 7.92. The summed E-state index contributed by atoms with van der Waals surface area (Å²) in [6, 6.07) is 15.8. The Morgan fingerprint density at radius 2 is 1.62 bits per heavy atom. The second kappa shape index (κ2) is 10.1. The van der Waals surface area contributed by atoms with Crippen molar-refractivity contribution >= 4 is 44.7 Å². The first kappa shape index (κ1) is 26.2. The Hall–Kier alpha value is -4.38. The summed E-state index contributed by atoms with van der Waals surface area (Å²) in [6.07, 6.45) is 1.19. The summed E-state index contributed by atoms with van der Waals surface area (Å²) in [5.74, 6) is -2.68. The van der Waals surface area contributed by atoms with Crippen molar-refractivity contribution in [2.24, 2.45) is 4.99 Å². The van der Waals surface area contributed by atoms with Gasteiger partial charge in [0.1, 0.15) is 23.0 Å². The Balaban J connectivity index is 1.80. The van der Waals surface area contributed by atoms with E-state index in [0.29, 0.717) is 11.3 Å². The number of benzene rings is 3. The topological polar surface area (TPSA) is 96.3 Å². The van der Waals surface area contributed by atoms with Gasteiger partial charge in [-0.25, -0.2) is 27.0 Å². The van der Waals surface area contributed by atoms with Crippen LogP contribution in [-0.2, 0) is 30.8 Å². The van der Waals surface area contributed by atoms with E-state index in [2.05, 4.69) is 4.99 Å². The molecule has 2 aliphatic rings. The first-order valence-corrected chi connectivity index (χ1v) is 13.9. The molecule has 1 amide bonds. The van der Waals surface area contributed by atoms with Crippen LogP contribution in [0.3, 0.4) is 0 Å². The van der Waals surface area contributed by atoms with Gasteiger partial charge in [-0.1, -0.05) is 18.2 Å². The van der Waals surface area contributed by atoms with Crippen LogP contribution in [0.5, 0.6) is 0 Å². The summed E-state index contributed by atoms with van der Waals surface area (Å²) in [6.45, 7) is 1.57. The molecule has 200 valence electrons. The average molecular weight is 552 g/mol. The Labute approximate surface area is 223 Å². The standard InChI is InChI=1S/C28H23F2N3O5S/c1-3-38-28(35)26-24(23-16-17-6-4-5-7-22(17)33(23)39(2,36)37)25(31-20-12-8-18(29)9-13-20)27(34)32(26)21-14-10-19(30)11-15-21/h4-15,23H,3,16H2,1-2H3. The van der Waals surface area contributed by atoms with E-state index in [1.807, 2.05) is 0 Å². The molecule has 0 N–H and O–H groups in total. The highest BCUT2D eigenvalue weighted by atomic mass is 32.2. The van der Waals surface area contributed by atoms with Gasteiger partial charge in [-0.2, -0.15) is 0 Å². The van der Waals surface area contributed by atoms with Crippen molar-refractivity contribution in [3.05, 3.63) is 101 Å². The Morgan fingerprint density at radius 1 is 1.00 bits per heavy atom. The van der Waals surface area contributed by atoms with Crippen LogP contribution >= 0.6 is 0 Å². The van der Waals surface area contributed by atoms with Crippen molar-refractivity contribution in [3.8, 4) is 0 Å². The number of ether oxygens (including phenoxy) is 1. The molecule has 0 fully saturated rings. The third kappa shape index (κ3) is 4.81.